The van der Waals surface area contributed by atoms with Gasteiger partial charge in [0.05, 0.1) is 6.04 Å². The van der Waals surface area contributed by atoms with E-state index in [1.807, 2.05) is 0 Å². The van der Waals surface area contributed by atoms with Crippen molar-refractivity contribution in [3.8, 4) is 0 Å². The summed E-state index contributed by atoms with van der Waals surface area (Å²) in [5.41, 5.74) is 5.92. The molecule has 3 fully saturated rings. The zero-order chi connectivity index (χ0) is 12.2. The second-order valence-electron chi connectivity index (χ2n) is 6.76. The number of hydrogen-bond donors (Lipinski definition) is 2. The lowest BCUT2D eigenvalue weighted by Crippen LogP contribution is -2.43. The van der Waals surface area contributed by atoms with Gasteiger partial charge in [-0.2, -0.15) is 0 Å². The Morgan fingerprint density at radius 2 is 1.88 bits per heavy atom. The van der Waals surface area contributed by atoms with E-state index >= 15 is 0 Å². The van der Waals surface area contributed by atoms with Gasteiger partial charge in [0.25, 0.3) is 0 Å². The van der Waals surface area contributed by atoms with Gasteiger partial charge in [-0.1, -0.05) is 13.8 Å². The van der Waals surface area contributed by atoms with Crippen molar-refractivity contribution >= 4 is 5.91 Å². The predicted octanol–water partition coefficient (Wildman–Crippen LogP) is 1.52. The van der Waals surface area contributed by atoms with Crippen LogP contribution in [0.2, 0.25) is 0 Å². The summed E-state index contributed by atoms with van der Waals surface area (Å²) in [6, 6.07) is 0.168. The van der Waals surface area contributed by atoms with Crippen LogP contribution in [0.4, 0.5) is 0 Å². The molecule has 5 unspecified atom stereocenters. The summed E-state index contributed by atoms with van der Waals surface area (Å²) in [4.78, 5) is 12.0. The van der Waals surface area contributed by atoms with Gasteiger partial charge >= 0.3 is 0 Å². The van der Waals surface area contributed by atoms with Crippen LogP contribution in [-0.4, -0.2) is 18.0 Å². The van der Waals surface area contributed by atoms with Crippen molar-refractivity contribution in [1.82, 2.24) is 5.32 Å². The van der Waals surface area contributed by atoms with Crippen molar-refractivity contribution in [2.75, 3.05) is 0 Å². The van der Waals surface area contributed by atoms with Gasteiger partial charge in [-0.05, 0) is 55.3 Å². The number of rotatable bonds is 4. The minimum absolute atomic E-state index is 0.0810. The van der Waals surface area contributed by atoms with Crippen molar-refractivity contribution in [2.45, 2.75) is 51.6 Å². The highest BCUT2D eigenvalue weighted by Crippen LogP contribution is 2.65. The minimum Gasteiger partial charge on any atom is -0.351 e. The van der Waals surface area contributed by atoms with Crippen molar-refractivity contribution < 1.29 is 4.79 Å². The first-order valence-electron chi connectivity index (χ1n) is 7.14. The average Bonchev–Trinajstić information content (AvgIpc) is 2.69. The summed E-state index contributed by atoms with van der Waals surface area (Å²) >= 11 is 0. The summed E-state index contributed by atoms with van der Waals surface area (Å²) < 4.78 is 0. The average molecular weight is 236 g/mol. The summed E-state index contributed by atoms with van der Waals surface area (Å²) in [6.07, 6.45) is 5.02. The van der Waals surface area contributed by atoms with E-state index in [0.717, 1.165) is 30.1 Å². The number of amides is 1. The molecule has 3 aliphatic rings. The molecule has 3 nitrogen and oxygen atoms in total. The van der Waals surface area contributed by atoms with Gasteiger partial charge in [-0.15, -0.1) is 0 Å². The number of carbonyl (C=O) groups is 1. The molecule has 0 heterocycles. The molecule has 3 saturated carbocycles. The van der Waals surface area contributed by atoms with Gasteiger partial charge < -0.3 is 11.1 Å². The predicted molar refractivity (Wildman–Crippen MR) is 67.2 cm³/mol. The number of nitrogens with one attached hydrogen (secondary N) is 1. The number of carbonyl (C=O) groups excluding carboxylic acids is 1. The van der Waals surface area contributed by atoms with Crippen LogP contribution in [0.5, 0.6) is 0 Å². The lowest BCUT2D eigenvalue weighted by molar-refractivity contribution is -0.123. The van der Waals surface area contributed by atoms with Crippen molar-refractivity contribution in [3.63, 3.8) is 0 Å². The monoisotopic (exact) mass is 236 g/mol. The van der Waals surface area contributed by atoms with Gasteiger partial charge in [0.2, 0.25) is 5.91 Å². The van der Waals surface area contributed by atoms with Crippen molar-refractivity contribution in [3.05, 3.63) is 0 Å². The molecule has 0 saturated heterocycles. The number of fused-ring (bicyclic) bond motifs is 5. The molecular formula is C14H24N2O. The molecule has 0 aromatic rings. The smallest absolute Gasteiger partial charge is 0.237 e. The lowest BCUT2D eigenvalue weighted by atomic mass is 10.0. The highest BCUT2D eigenvalue weighted by molar-refractivity contribution is 5.82. The van der Waals surface area contributed by atoms with Crippen LogP contribution in [0.3, 0.4) is 0 Å². The van der Waals surface area contributed by atoms with E-state index in [0.29, 0.717) is 12.0 Å². The third kappa shape index (κ3) is 1.88. The Balaban J connectivity index is 1.51. The van der Waals surface area contributed by atoms with Gasteiger partial charge in [-0.25, -0.2) is 0 Å². The molecule has 3 rings (SSSR count). The first-order valence-corrected chi connectivity index (χ1v) is 7.14. The topological polar surface area (TPSA) is 55.1 Å². The molecule has 3 heteroatoms. The van der Waals surface area contributed by atoms with Gasteiger partial charge in [0.1, 0.15) is 0 Å². The van der Waals surface area contributed by atoms with E-state index in [4.69, 9.17) is 5.73 Å². The van der Waals surface area contributed by atoms with Crippen LogP contribution in [0, 0.1) is 29.6 Å². The zero-order valence-corrected chi connectivity index (χ0v) is 10.9. The highest BCUT2D eigenvalue weighted by Gasteiger charge is 2.65. The van der Waals surface area contributed by atoms with Gasteiger partial charge in [0, 0.05) is 6.04 Å². The third-order valence-electron chi connectivity index (χ3n) is 5.11. The Bertz CT molecular complexity index is 312. The Hall–Kier alpha value is -0.570. The molecule has 0 spiro atoms. The molecule has 5 atom stereocenters. The van der Waals surface area contributed by atoms with E-state index < -0.39 is 0 Å². The zero-order valence-electron chi connectivity index (χ0n) is 10.9. The largest absolute Gasteiger partial charge is 0.351 e. The maximum absolute atomic E-state index is 12.0. The molecule has 96 valence electrons. The molecule has 3 aliphatic carbocycles. The molecule has 1 amide bonds. The Morgan fingerprint density at radius 1 is 1.29 bits per heavy atom. The van der Waals surface area contributed by atoms with Crippen LogP contribution in [0.25, 0.3) is 0 Å². The summed E-state index contributed by atoms with van der Waals surface area (Å²) in [5, 5.41) is 3.20. The normalized spacial score (nSPS) is 43.6. The van der Waals surface area contributed by atoms with Crippen molar-refractivity contribution in [2.24, 2.45) is 35.3 Å². The number of nitrogens with two attached hydrogens (primary N) is 1. The van der Waals surface area contributed by atoms with Gasteiger partial charge in [0.15, 0.2) is 0 Å². The first-order chi connectivity index (χ1) is 8.08. The standard InChI is InChI=1S/C14H24N2O/c1-7(2)5-10(15)14(17)16-13-11-8-3-4-9(6-8)12(11)13/h7-13H,3-6,15H2,1-2H3,(H,16,17). The molecular weight excluding hydrogens is 212 g/mol. The second-order valence-corrected chi connectivity index (χ2v) is 6.76. The Morgan fingerprint density at radius 3 is 2.41 bits per heavy atom. The fraction of sp³-hybridized carbons (Fsp3) is 0.929. The quantitative estimate of drug-likeness (QED) is 0.777. The molecule has 2 bridgehead atoms. The third-order valence-corrected chi connectivity index (χ3v) is 5.11. The van der Waals surface area contributed by atoms with E-state index in [-0.39, 0.29) is 11.9 Å². The fourth-order valence-electron chi connectivity index (χ4n) is 4.40. The molecule has 0 radical (unpaired) electrons. The summed E-state index contributed by atoms with van der Waals surface area (Å²) in [5.74, 6) is 4.02. The molecule has 0 aromatic heterocycles. The molecule has 0 aromatic carbocycles. The second kappa shape index (κ2) is 3.98. The molecule has 0 aliphatic heterocycles. The van der Waals surface area contributed by atoms with Crippen LogP contribution < -0.4 is 11.1 Å². The summed E-state index contributed by atoms with van der Waals surface area (Å²) in [6.45, 7) is 4.22. The van der Waals surface area contributed by atoms with E-state index in [1.54, 1.807) is 0 Å². The number of hydrogen-bond acceptors (Lipinski definition) is 2. The van der Waals surface area contributed by atoms with Crippen LogP contribution in [0.1, 0.15) is 39.5 Å². The van der Waals surface area contributed by atoms with Crippen LogP contribution in [0.15, 0.2) is 0 Å². The molecule has 17 heavy (non-hydrogen) atoms. The molecule has 3 N–H and O–H groups in total. The minimum atomic E-state index is -0.311. The van der Waals surface area contributed by atoms with Crippen LogP contribution in [-0.2, 0) is 4.79 Å². The maximum Gasteiger partial charge on any atom is 0.237 e. The van der Waals surface area contributed by atoms with E-state index in [9.17, 15) is 4.79 Å². The highest BCUT2D eigenvalue weighted by atomic mass is 16.2. The van der Waals surface area contributed by atoms with E-state index in [1.165, 1.54) is 19.3 Å². The van der Waals surface area contributed by atoms with Gasteiger partial charge in [-0.3, -0.25) is 4.79 Å². The fourth-order valence-corrected chi connectivity index (χ4v) is 4.40. The Labute approximate surface area is 104 Å². The maximum atomic E-state index is 12.0. The van der Waals surface area contributed by atoms with Crippen LogP contribution >= 0.6 is 0 Å². The SMILES string of the molecule is CC(C)CC(N)C(=O)NC1C2C3CCC(C3)C12. The van der Waals surface area contributed by atoms with Crippen molar-refractivity contribution in [1.29, 1.82) is 0 Å². The Kier molecular flexibility index (Phi) is 2.69. The lowest BCUT2D eigenvalue weighted by Gasteiger charge is -2.16. The first kappa shape index (κ1) is 11.5. The van der Waals surface area contributed by atoms with E-state index in [2.05, 4.69) is 19.2 Å². The summed E-state index contributed by atoms with van der Waals surface area (Å²) in [7, 11) is 0.